The van der Waals surface area contributed by atoms with Crippen molar-refractivity contribution in [1.29, 1.82) is 0 Å². The molecule has 122 valence electrons. The molecule has 0 aromatic carbocycles. The minimum absolute atomic E-state index is 0.302. The van der Waals surface area contributed by atoms with Crippen molar-refractivity contribution in [3.8, 4) is 11.5 Å². The summed E-state index contributed by atoms with van der Waals surface area (Å²) in [5.41, 5.74) is 2.86. The van der Waals surface area contributed by atoms with Crippen LogP contribution < -0.4 is 10.2 Å². The highest BCUT2D eigenvalue weighted by Crippen LogP contribution is 2.23. The van der Waals surface area contributed by atoms with Crippen LogP contribution in [0.5, 0.6) is 0 Å². The van der Waals surface area contributed by atoms with Gasteiger partial charge in [0, 0.05) is 19.3 Å². The molecule has 0 bridgehead atoms. The van der Waals surface area contributed by atoms with Gasteiger partial charge in [0.25, 0.3) is 0 Å². The molecular weight excluding hydrogens is 304 g/mol. The molecule has 0 aliphatic carbocycles. The fourth-order valence-corrected chi connectivity index (χ4v) is 2.82. The molecule has 0 spiro atoms. The number of nitrogens with one attached hydrogen (secondary N) is 1. The average molecular weight is 322 g/mol. The van der Waals surface area contributed by atoms with Gasteiger partial charge in [-0.2, -0.15) is 4.98 Å². The maximum Gasteiger partial charge on any atom is 0.327 e. The number of nitrogens with zero attached hydrogens (tertiary/aromatic N) is 5. The number of aromatic nitrogens is 4. The van der Waals surface area contributed by atoms with Gasteiger partial charge in [0.05, 0.1) is 11.9 Å². The molecule has 4 rings (SSSR count). The lowest BCUT2D eigenvalue weighted by molar-refractivity contribution is 0.435. The van der Waals surface area contributed by atoms with Gasteiger partial charge in [-0.1, -0.05) is 11.2 Å². The van der Waals surface area contributed by atoms with Gasteiger partial charge in [-0.05, 0) is 43.5 Å². The van der Waals surface area contributed by atoms with E-state index in [-0.39, 0.29) is 0 Å². The highest BCUT2D eigenvalue weighted by molar-refractivity contribution is 5.57. The van der Waals surface area contributed by atoms with E-state index in [9.17, 15) is 0 Å². The molecule has 0 radical (unpaired) electrons. The third-order valence-electron chi connectivity index (χ3n) is 4.10. The van der Waals surface area contributed by atoms with Gasteiger partial charge in [0.15, 0.2) is 0 Å². The Bertz CT molecular complexity index is 823. The van der Waals surface area contributed by atoms with Crippen LogP contribution in [0.25, 0.3) is 11.5 Å². The van der Waals surface area contributed by atoms with Crippen LogP contribution in [0.4, 0.5) is 17.5 Å². The maximum atomic E-state index is 5.25. The smallest absolute Gasteiger partial charge is 0.327 e. The summed E-state index contributed by atoms with van der Waals surface area (Å²) in [6.45, 7) is 4.17. The van der Waals surface area contributed by atoms with Gasteiger partial charge in [0.1, 0.15) is 11.5 Å². The molecule has 0 atom stereocenters. The van der Waals surface area contributed by atoms with Crippen molar-refractivity contribution >= 4 is 17.5 Å². The topological polar surface area (TPSA) is 80.0 Å². The molecule has 24 heavy (non-hydrogen) atoms. The van der Waals surface area contributed by atoms with Crippen LogP contribution in [0, 0.1) is 6.92 Å². The molecule has 1 fully saturated rings. The quantitative estimate of drug-likeness (QED) is 0.790. The molecule has 1 N–H and O–H groups in total. The van der Waals surface area contributed by atoms with E-state index in [1.807, 2.05) is 31.3 Å². The number of rotatable bonds is 4. The SMILES string of the molecule is Cc1cccnc1-c1noc(Nc2ccc(N3CCCC3)cn2)n1. The third kappa shape index (κ3) is 2.92. The second-order valence-electron chi connectivity index (χ2n) is 5.81. The lowest BCUT2D eigenvalue weighted by Gasteiger charge is -2.16. The van der Waals surface area contributed by atoms with Crippen LogP contribution >= 0.6 is 0 Å². The zero-order valence-corrected chi connectivity index (χ0v) is 13.4. The van der Waals surface area contributed by atoms with Gasteiger partial charge < -0.3 is 9.42 Å². The zero-order valence-electron chi connectivity index (χ0n) is 13.4. The van der Waals surface area contributed by atoms with Crippen LogP contribution in [0.15, 0.2) is 41.2 Å². The summed E-state index contributed by atoms with van der Waals surface area (Å²) in [6, 6.07) is 8.12. The Morgan fingerprint density at radius 1 is 1.12 bits per heavy atom. The maximum absolute atomic E-state index is 5.25. The molecule has 3 aromatic rings. The predicted octanol–water partition coefficient (Wildman–Crippen LogP) is 3.18. The first-order chi connectivity index (χ1) is 11.8. The van der Waals surface area contributed by atoms with Crippen LogP contribution in [0.1, 0.15) is 18.4 Å². The largest absolute Gasteiger partial charge is 0.370 e. The minimum atomic E-state index is 0.302. The molecule has 1 aliphatic heterocycles. The molecule has 3 aromatic heterocycles. The van der Waals surface area contributed by atoms with Crippen molar-refractivity contribution in [2.45, 2.75) is 19.8 Å². The lowest BCUT2D eigenvalue weighted by Crippen LogP contribution is -2.17. The zero-order chi connectivity index (χ0) is 16.4. The Morgan fingerprint density at radius 2 is 2.00 bits per heavy atom. The van der Waals surface area contributed by atoms with Crippen LogP contribution in [0.2, 0.25) is 0 Å². The number of anilines is 3. The van der Waals surface area contributed by atoms with E-state index in [4.69, 9.17) is 4.52 Å². The fourth-order valence-electron chi connectivity index (χ4n) is 2.82. The van der Waals surface area contributed by atoms with Crippen LogP contribution in [-0.2, 0) is 0 Å². The van der Waals surface area contributed by atoms with Crippen LogP contribution in [0.3, 0.4) is 0 Å². The molecule has 1 aliphatic rings. The molecule has 1 saturated heterocycles. The van der Waals surface area contributed by atoms with E-state index in [2.05, 4.69) is 36.4 Å². The van der Waals surface area contributed by atoms with Crippen LogP contribution in [-0.4, -0.2) is 33.2 Å². The first-order valence-electron chi connectivity index (χ1n) is 8.03. The van der Waals surface area contributed by atoms with Gasteiger partial charge in [0.2, 0.25) is 5.82 Å². The average Bonchev–Trinajstić information content (AvgIpc) is 3.28. The first kappa shape index (κ1) is 14.6. The van der Waals surface area contributed by atoms with Gasteiger partial charge in [-0.25, -0.2) is 4.98 Å². The number of hydrogen-bond donors (Lipinski definition) is 1. The first-order valence-corrected chi connectivity index (χ1v) is 8.03. The Morgan fingerprint density at radius 3 is 2.75 bits per heavy atom. The van der Waals surface area contributed by atoms with Gasteiger partial charge in [-0.15, -0.1) is 0 Å². The summed E-state index contributed by atoms with van der Waals surface area (Å²) in [5, 5.41) is 7.01. The summed E-state index contributed by atoms with van der Waals surface area (Å²) < 4.78 is 5.25. The van der Waals surface area contributed by atoms with Crippen molar-refractivity contribution < 1.29 is 4.52 Å². The molecule has 4 heterocycles. The van der Waals surface area contributed by atoms with E-state index in [1.165, 1.54) is 12.8 Å². The summed E-state index contributed by atoms with van der Waals surface area (Å²) in [7, 11) is 0. The Balaban J connectivity index is 1.49. The Hall–Kier alpha value is -2.96. The monoisotopic (exact) mass is 322 g/mol. The molecule has 7 heteroatoms. The summed E-state index contributed by atoms with van der Waals surface area (Å²) in [6.07, 6.45) is 6.08. The fraction of sp³-hybridized carbons (Fsp3) is 0.294. The van der Waals surface area contributed by atoms with E-state index >= 15 is 0 Å². The van der Waals surface area contributed by atoms with Gasteiger partial charge in [-0.3, -0.25) is 10.3 Å². The predicted molar refractivity (Wildman–Crippen MR) is 91.2 cm³/mol. The lowest BCUT2D eigenvalue weighted by atomic mass is 10.2. The van der Waals surface area contributed by atoms with Gasteiger partial charge >= 0.3 is 6.01 Å². The standard InChI is InChI=1S/C17H18N6O/c1-12-5-4-8-18-15(12)16-21-17(24-22-16)20-14-7-6-13(11-19-14)23-9-2-3-10-23/h4-8,11H,2-3,9-10H2,1H3,(H,19,20,21,22). The Labute approximate surface area is 139 Å². The molecular formula is C17H18N6O. The number of aryl methyl sites for hydroxylation is 1. The highest BCUT2D eigenvalue weighted by Gasteiger charge is 2.14. The normalized spacial score (nSPS) is 14.1. The van der Waals surface area contributed by atoms with Crippen molar-refractivity contribution in [2.24, 2.45) is 0 Å². The number of pyridine rings is 2. The third-order valence-corrected chi connectivity index (χ3v) is 4.10. The highest BCUT2D eigenvalue weighted by atomic mass is 16.5. The van der Waals surface area contributed by atoms with Crippen molar-refractivity contribution in [3.63, 3.8) is 0 Å². The summed E-state index contributed by atoms with van der Waals surface area (Å²) in [4.78, 5) is 15.4. The molecule has 7 nitrogen and oxygen atoms in total. The van der Waals surface area contributed by atoms with E-state index in [0.29, 0.717) is 23.4 Å². The summed E-state index contributed by atoms with van der Waals surface area (Å²) in [5.74, 6) is 1.13. The molecule has 0 amide bonds. The molecule has 0 saturated carbocycles. The van der Waals surface area contributed by atoms with E-state index in [0.717, 1.165) is 24.3 Å². The van der Waals surface area contributed by atoms with Crippen molar-refractivity contribution in [3.05, 3.63) is 42.2 Å². The summed E-state index contributed by atoms with van der Waals surface area (Å²) >= 11 is 0. The minimum Gasteiger partial charge on any atom is -0.370 e. The molecule has 0 unspecified atom stereocenters. The Kier molecular flexibility index (Phi) is 3.82. The van der Waals surface area contributed by atoms with Crippen molar-refractivity contribution in [2.75, 3.05) is 23.3 Å². The van der Waals surface area contributed by atoms with E-state index in [1.54, 1.807) is 6.20 Å². The second kappa shape index (κ2) is 6.27. The van der Waals surface area contributed by atoms with Crippen molar-refractivity contribution in [1.82, 2.24) is 20.1 Å². The van der Waals surface area contributed by atoms with E-state index < -0.39 is 0 Å². The second-order valence-corrected chi connectivity index (χ2v) is 5.81. The number of hydrogen-bond acceptors (Lipinski definition) is 7.